The molecular weight excluding hydrogens is 416 g/mol. The molecule has 33 heavy (non-hydrogen) atoms. The molecule has 0 aliphatic carbocycles. The van der Waals surface area contributed by atoms with Crippen molar-refractivity contribution in [3.8, 4) is 28.6 Å². The van der Waals surface area contributed by atoms with Crippen LogP contribution in [0.1, 0.15) is 30.0 Å². The molecule has 4 aromatic rings. The van der Waals surface area contributed by atoms with Crippen molar-refractivity contribution in [3.05, 3.63) is 84.2 Å². The summed E-state index contributed by atoms with van der Waals surface area (Å²) in [6, 6.07) is 22.7. The lowest BCUT2D eigenvalue weighted by Crippen LogP contribution is -2.14. The van der Waals surface area contributed by atoms with Crippen molar-refractivity contribution in [2.45, 2.75) is 20.8 Å². The highest BCUT2D eigenvalue weighted by Gasteiger charge is 2.19. The van der Waals surface area contributed by atoms with E-state index in [2.05, 4.69) is 15.4 Å². The van der Waals surface area contributed by atoms with E-state index in [0.717, 1.165) is 28.3 Å². The molecule has 7 heteroatoms. The summed E-state index contributed by atoms with van der Waals surface area (Å²) in [6.07, 6.45) is 0. The molecule has 168 valence electrons. The predicted octanol–water partition coefficient (Wildman–Crippen LogP) is 5.29. The highest BCUT2D eigenvalue weighted by Crippen LogP contribution is 2.24. The van der Waals surface area contributed by atoms with Gasteiger partial charge in [0.05, 0.1) is 18.9 Å². The Hall–Kier alpha value is -4.13. The van der Waals surface area contributed by atoms with Crippen molar-refractivity contribution in [2.75, 3.05) is 18.5 Å². The molecule has 1 aromatic heterocycles. The molecule has 0 spiro atoms. The fraction of sp³-hybridized carbons (Fsp3) is 0.192. The third-order valence-corrected chi connectivity index (χ3v) is 4.90. The van der Waals surface area contributed by atoms with Crippen LogP contribution < -0.4 is 14.8 Å². The fourth-order valence-corrected chi connectivity index (χ4v) is 3.40. The van der Waals surface area contributed by atoms with Gasteiger partial charge < -0.3 is 14.8 Å². The number of hydrogen-bond acceptors (Lipinski definition) is 5. The maximum atomic E-state index is 13.0. The number of aryl methyl sites for hydroxylation is 1. The summed E-state index contributed by atoms with van der Waals surface area (Å²) >= 11 is 0. The first-order chi connectivity index (χ1) is 16.1. The van der Waals surface area contributed by atoms with Gasteiger partial charge in [0, 0.05) is 11.3 Å². The predicted molar refractivity (Wildman–Crippen MR) is 128 cm³/mol. The Labute approximate surface area is 193 Å². The second-order valence-electron chi connectivity index (χ2n) is 7.38. The van der Waals surface area contributed by atoms with Gasteiger partial charge in [-0.05, 0) is 75.4 Å². The first-order valence-electron chi connectivity index (χ1n) is 10.9. The Morgan fingerprint density at radius 1 is 0.909 bits per heavy atom. The first-order valence-corrected chi connectivity index (χ1v) is 10.9. The third kappa shape index (κ3) is 5.20. The Bertz CT molecular complexity index is 1230. The van der Waals surface area contributed by atoms with E-state index in [4.69, 9.17) is 9.47 Å². The molecule has 0 aliphatic heterocycles. The van der Waals surface area contributed by atoms with Crippen molar-refractivity contribution >= 4 is 11.6 Å². The van der Waals surface area contributed by atoms with E-state index in [1.807, 2.05) is 81.4 Å². The summed E-state index contributed by atoms with van der Waals surface area (Å²) in [5, 5.41) is 7.39. The zero-order chi connectivity index (χ0) is 23.2. The standard InChI is InChI=1S/C26H26N4O3/c1-4-32-22-13-9-20(10-14-22)27-26(31)24-28-25(19-8-6-7-18(3)17-19)30(29-24)21-11-15-23(16-12-21)33-5-2/h6-17H,4-5H2,1-3H3,(H,27,31). The number of amides is 1. The quantitative estimate of drug-likeness (QED) is 0.401. The number of nitrogens with zero attached hydrogens (tertiary/aromatic N) is 3. The number of anilines is 1. The van der Waals surface area contributed by atoms with Gasteiger partial charge in [0.25, 0.3) is 5.91 Å². The molecule has 0 atom stereocenters. The SMILES string of the molecule is CCOc1ccc(NC(=O)c2nc(-c3cccc(C)c3)n(-c3ccc(OCC)cc3)n2)cc1. The van der Waals surface area contributed by atoms with Crippen LogP contribution in [0.15, 0.2) is 72.8 Å². The zero-order valence-electron chi connectivity index (χ0n) is 18.9. The van der Waals surface area contributed by atoms with Crippen LogP contribution >= 0.6 is 0 Å². The van der Waals surface area contributed by atoms with Gasteiger partial charge in [0.2, 0.25) is 5.82 Å². The molecule has 0 aliphatic rings. The largest absolute Gasteiger partial charge is 0.494 e. The number of carbonyl (C=O) groups is 1. The molecule has 3 aromatic carbocycles. The molecule has 0 radical (unpaired) electrons. The topological polar surface area (TPSA) is 78.3 Å². The van der Waals surface area contributed by atoms with Gasteiger partial charge in [-0.3, -0.25) is 4.79 Å². The second kappa shape index (κ2) is 9.99. The normalized spacial score (nSPS) is 10.6. The monoisotopic (exact) mass is 442 g/mol. The summed E-state index contributed by atoms with van der Waals surface area (Å²) in [4.78, 5) is 17.5. The van der Waals surface area contributed by atoms with Gasteiger partial charge in [-0.2, -0.15) is 0 Å². The van der Waals surface area contributed by atoms with Crippen LogP contribution in [0.4, 0.5) is 5.69 Å². The molecule has 7 nitrogen and oxygen atoms in total. The molecule has 0 fully saturated rings. The van der Waals surface area contributed by atoms with E-state index in [9.17, 15) is 4.79 Å². The summed E-state index contributed by atoms with van der Waals surface area (Å²) < 4.78 is 12.7. The van der Waals surface area contributed by atoms with Gasteiger partial charge in [0.1, 0.15) is 11.5 Å². The number of rotatable bonds is 8. The summed E-state index contributed by atoms with van der Waals surface area (Å²) in [5.74, 6) is 1.79. The van der Waals surface area contributed by atoms with E-state index in [1.165, 1.54) is 0 Å². The molecule has 0 saturated heterocycles. The van der Waals surface area contributed by atoms with Crippen molar-refractivity contribution in [1.29, 1.82) is 0 Å². The first kappa shape index (κ1) is 22.1. The van der Waals surface area contributed by atoms with Crippen LogP contribution in [0.25, 0.3) is 17.1 Å². The average Bonchev–Trinajstić information content (AvgIpc) is 3.27. The van der Waals surface area contributed by atoms with Crippen molar-refractivity contribution < 1.29 is 14.3 Å². The van der Waals surface area contributed by atoms with Gasteiger partial charge in [-0.1, -0.05) is 23.8 Å². The van der Waals surface area contributed by atoms with E-state index in [-0.39, 0.29) is 5.82 Å². The Kier molecular flexibility index (Phi) is 6.69. The number of carbonyl (C=O) groups excluding carboxylic acids is 1. The molecule has 0 saturated carbocycles. The molecule has 4 rings (SSSR count). The molecule has 1 N–H and O–H groups in total. The molecule has 0 bridgehead atoms. The highest BCUT2D eigenvalue weighted by atomic mass is 16.5. The van der Waals surface area contributed by atoms with Crippen molar-refractivity contribution in [3.63, 3.8) is 0 Å². The van der Waals surface area contributed by atoms with E-state index in [1.54, 1.807) is 16.8 Å². The maximum Gasteiger partial charge on any atom is 0.295 e. The maximum absolute atomic E-state index is 13.0. The fourth-order valence-electron chi connectivity index (χ4n) is 3.40. The van der Waals surface area contributed by atoms with Gasteiger partial charge in [0.15, 0.2) is 5.82 Å². The number of ether oxygens (including phenoxy) is 2. The molecule has 1 heterocycles. The van der Waals surface area contributed by atoms with Crippen LogP contribution in [0.2, 0.25) is 0 Å². The number of nitrogens with one attached hydrogen (secondary N) is 1. The zero-order valence-corrected chi connectivity index (χ0v) is 18.9. The van der Waals surface area contributed by atoms with E-state index < -0.39 is 5.91 Å². The lowest BCUT2D eigenvalue weighted by molar-refractivity contribution is 0.101. The Morgan fingerprint density at radius 3 is 2.15 bits per heavy atom. The third-order valence-electron chi connectivity index (χ3n) is 4.90. The van der Waals surface area contributed by atoms with E-state index in [0.29, 0.717) is 24.7 Å². The van der Waals surface area contributed by atoms with Crippen molar-refractivity contribution in [1.82, 2.24) is 14.8 Å². The van der Waals surface area contributed by atoms with Crippen LogP contribution in [-0.2, 0) is 0 Å². The van der Waals surface area contributed by atoms with Crippen LogP contribution in [-0.4, -0.2) is 33.9 Å². The Morgan fingerprint density at radius 2 is 1.55 bits per heavy atom. The molecule has 1 amide bonds. The van der Waals surface area contributed by atoms with E-state index >= 15 is 0 Å². The lowest BCUT2D eigenvalue weighted by Gasteiger charge is -2.08. The minimum absolute atomic E-state index is 0.0780. The average molecular weight is 443 g/mol. The summed E-state index contributed by atoms with van der Waals surface area (Å²) in [6.45, 7) is 7.05. The summed E-state index contributed by atoms with van der Waals surface area (Å²) in [5.41, 5.74) is 3.38. The van der Waals surface area contributed by atoms with Crippen LogP contribution in [0, 0.1) is 6.92 Å². The lowest BCUT2D eigenvalue weighted by atomic mass is 10.1. The van der Waals surface area contributed by atoms with Crippen LogP contribution in [0.3, 0.4) is 0 Å². The number of aromatic nitrogens is 3. The van der Waals surface area contributed by atoms with Gasteiger partial charge in [-0.15, -0.1) is 5.10 Å². The van der Waals surface area contributed by atoms with Crippen LogP contribution in [0.5, 0.6) is 11.5 Å². The van der Waals surface area contributed by atoms with Gasteiger partial charge in [-0.25, -0.2) is 9.67 Å². The molecule has 0 unspecified atom stereocenters. The van der Waals surface area contributed by atoms with Crippen molar-refractivity contribution in [2.24, 2.45) is 0 Å². The summed E-state index contributed by atoms with van der Waals surface area (Å²) in [7, 11) is 0. The smallest absolute Gasteiger partial charge is 0.295 e. The number of hydrogen-bond donors (Lipinski definition) is 1. The molecular formula is C26H26N4O3. The Balaban J connectivity index is 1.67. The van der Waals surface area contributed by atoms with Gasteiger partial charge >= 0.3 is 0 Å². The highest BCUT2D eigenvalue weighted by molar-refractivity contribution is 6.01. The number of benzene rings is 3. The minimum Gasteiger partial charge on any atom is -0.494 e. The minimum atomic E-state index is -0.391. The second-order valence-corrected chi connectivity index (χ2v) is 7.38.